The second-order valence-electron chi connectivity index (χ2n) is 6.59. The summed E-state index contributed by atoms with van der Waals surface area (Å²) in [7, 11) is -2.13. The number of ketones is 1. The smallest absolute Gasteiger partial charge is 0.244 e. The summed E-state index contributed by atoms with van der Waals surface area (Å²) in [6.07, 6.45) is 1.21. The van der Waals surface area contributed by atoms with Crippen LogP contribution in [0.3, 0.4) is 0 Å². The summed E-state index contributed by atoms with van der Waals surface area (Å²) in [5, 5.41) is 0. The first-order valence-electron chi connectivity index (χ1n) is 8.62. The fourth-order valence-electron chi connectivity index (χ4n) is 3.49. The van der Waals surface area contributed by atoms with Gasteiger partial charge in [-0.25, -0.2) is 8.42 Å². The number of ether oxygens (including phenoxy) is 1. The van der Waals surface area contributed by atoms with Crippen molar-refractivity contribution >= 4 is 15.8 Å². The summed E-state index contributed by atoms with van der Waals surface area (Å²) in [5.41, 5.74) is 2.05. The maximum Gasteiger partial charge on any atom is 0.244 e. The molecule has 0 saturated carbocycles. The number of Topliss-reactive ketones (excluding diaryl/α,β-unsaturated/α-hetero) is 1. The van der Waals surface area contributed by atoms with Crippen molar-refractivity contribution in [3.05, 3.63) is 59.2 Å². The van der Waals surface area contributed by atoms with E-state index in [1.165, 1.54) is 4.31 Å². The van der Waals surface area contributed by atoms with E-state index in [9.17, 15) is 13.2 Å². The van der Waals surface area contributed by atoms with E-state index in [1.54, 1.807) is 56.5 Å². The molecule has 138 valence electrons. The zero-order valence-electron chi connectivity index (χ0n) is 15.2. The van der Waals surface area contributed by atoms with Crippen molar-refractivity contribution in [1.82, 2.24) is 4.31 Å². The topological polar surface area (TPSA) is 63.7 Å². The second-order valence-corrected chi connectivity index (χ2v) is 8.45. The second kappa shape index (κ2) is 7.21. The molecule has 1 unspecified atom stereocenters. The number of methoxy groups -OCH3 is 1. The van der Waals surface area contributed by atoms with Crippen LogP contribution in [0.5, 0.6) is 5.75 Å². The van der Waals surface area contributed by atoms with Gasteiger partial charge in [-0.2, -0.15) is 4.31 Å². The van der Waals surface area contributed by atoms with Gasteiger partial charge in [-0.3, -0.25) is 4.79 Å². The molecule has 0 radical (unpaired) electrons. The highest BCUT2D eigenvalue weighted by atomic mass is 32.2. The molecule has 1 aliphatic rings. The molecular formula is C20H23NO4S. The number of carbonyl (C=O) groups is 1. The Morgan fingerprint density at radius 3 is 2.50 bits per heavy atom. The Morgan fingerprint density at radius 2 is 1.85 bits per heavy atom. The summed E-state index contributed by atoms with van der Waals surface area (Å²) in [6.45, 7) is 4.00. The lowest BCUT2D eigenvalue weighted by molar-refractivity contribution is 0.0918. The first-order chi connectivity index (χ1) is 12.4. The molecule has 5 nitrogen and oxygen atoms in total. The number of aryl methyl sites for hydroxylation is 2. The summed E-state index contributed by atoms with van der Waals surface area (Å²) in [6, 6.07) is 11.4. The van der Waals surface area contributed by atoms with Crippen LogP contribution < -0.4 is 4.74 Å². The van der Waals surface area contributed by atoms with E-state index >= 15 is 0 Å². The van der Waals surface area contributed by atoms with Gasteiger partial charge in [0.05, 0.1) is 18.0 Å². The minimum atomic E-state index is -3.71. The summed E-state index contributed by atoms with van der Waals surface area (Å²) in [4.78, 5) is 13.3. The Labute approximate surface area is 154 Å². The fourth-order valence-corrected chi connectivity index (χ4v) is 5.37. The number of sulfonamides is 1. The molecule has 0 spiro atoms. The average Bonchev–Trinajstić information content (AvgIpc) is 3.12. The monoisotopic (exact) mass is 373 g/mol. The van der Waals surface area contributed by atoms with Crippen molar-refractivity contribution in [2.45, 2.75) is 37.6 Å². The number of nitrogens with zero attached hydrogens (tertiary/aromatic N) is 1. The van der Waals surface area contributed by atoms with Crippen LogP contribution in [0.2, 0.25) is 0 Å². The lowest BCUT2D eigenvalue weighted by Crippen LogP contribution is -2.40. The zero-order valence-corrected chi connectivity index (χ0v) is 16.0. The fraction of sp³-hybridized carbons (Fsp3) is 0.350. The minimum Gasteiger partial charge on any atom is -0.496 e. The van der Waals surface area contributed by atoms with Crippen LogP contribution in [0, 0.1) is 13.8 Å². The quantitative estimate of drug-likeness (QED) is 0.754. The third-order valence-corrected chi connectivity index (χ3v) is 6.93. The number of hydrogen-bond donors (Lipinski definition) is 0. The van der Waals surface area contributed by atoms with Crippen molar-refractivity contribution in [3.8, 4) is 5.75 Å². The molecule has 1 atom stereocenters. The molecule has 1 heterocycles. The molecule has 2 aromatic rings. The Balaban J connectivity index is 1.94. The third-order valence-electron chi connectivity index (χ3n) is 4.87. The van der Waals surface area contributed by atoms with Gasteiger partial charge in [0.15, 0.2) is 5.78 Å². The standard InChI is InChI=1S/C20H23NO4S/c1-14-7-4-5-9-19(14)26(23,24)21-12-6-8-17(21)20(22)16-10-11-18(25-3)15(2)13-16/h4-5,7,9-11,13,17H,6,8,12H2,1-3H3. The van der Waals surface area contributed by atoms with Crippen molar-refractivity contribution in [1.29, 1.82) is 0 Å². The van der Waals surface area contributed by atoms with Crippen molar-refractivity contribution in [2.75, 3.05) is 13.7 Å². The van der Waals surface area contributed by atoms with E-state index in [0.29, 0.717) is 36.3 Å². The van der Waals surface area contributed by atoms with Crippen LogP contribution in [0.15, 0.2) is 47.4 Å². The van der Waals surface area contributed by atoms with Gasteiger partial charge in [-0.1, -0.05) is 18.2 Å². The normalized spacial score (nSPS) is 18.0. The van der Waals surface area contributed by atoms with Gasteiger partial charge in [-0.05, 0) is 62.1 Å². The van der Waals surface area contributed by atoms with Gasteiger partial charge < -0.3 is 4.74 Å². The molecule has 26 heavy (non-hydrogen) atoms. The van der Waals surface area contributed by atoms with Crippen molar-refractivity contribution in [2.24, 2.45) is 0 Å². The highest BCUT2D eigenvalue weighted by Crippen LogP contribution is 2.30. The highest BCUT2D eigenvalue weighted by Gasteiger charge is 2.40. The maximum absolute atomic E-state index is 13.1. The largest absolute Gasteiger partial charge is 0.496 e. The predicted molar refractivity (Wildman–Crippen MR) is 100 cm³/mol. The first kappa shape index (κ1) is 18.6. The van der Waals surface area contributed by atoms with Crippen LogP contribution in [0.1, 0.15) is 34.3 Å². The van der Waals surface area contributed by atoms with Crippen LogP contribution in [-0.4, -0.2) is 38.2 Å². The lowest BCUT2D eigenvalue weighted by atomic mass is 10.0. The Hall–Kier alpha value is -2.18. The Morgan fingerprint density at radius 1 is 1.12 bits per heavy atom. The van der Waals surface area contributed by atoms with Gasteiger partial charge in [0.1, 0.15) is 5.75 Å². The predicted octanol–water partition coefficient (Wildman–Crippen LogP) is 3.35. The van der Waals surface area contributed by atoms with E-state index in [2.05, 4.69) is 0 Å². The van der Waals surface area contributed by atoms with E-state index in [1.807, 2.05) is 6.92 Å². The number of benzene rings is 2. The molecule has 1 fully saturated rings. The molecular weight excluding hydrogens is 350 g/mol. The first-order valence-corrected chi connectivity index (χ1v) is 10.1. The molecule has 3 rings (SSSR count). The maximum atomic E-state index is 13.1. The molecule has 1 aliphatic heterocycles. The average molecular weight is 373 g/mol. The molecule has 2 aromatic carbocycles. The van der Waals surface area contributed by atoms with E-state index in [0.717, 1.165) is 5.56 Å². The van der Waals surface area contributed by atoms with Crippen LogP contribution in [-0.2, 0) is 10.0 Å². The zero-order chi connectivity index (χ0) is 18.9. The Bertz CT molecular complexity index is 937. The van der Waals surface area contributed by atoms with Crippen molar-refractivity contribution < 1.29 is 17.9 Å². The number of carbonyl (C=O) groups excluding carboxylic acids is 1. The van der Waals surface area contributed by atoms with E-state index < -0.39 is 16.1 Å². The lowest BCUT2D eigenvalue weighted by Gasteiger charge is -2.24. The SMILES string of the molecule is COc1ccc(C(=O)C2CCCN2S(=O)(=O)c2ccccc2C)cc1C. The van der Waals surface area contributed by atoms with Crippen LogP contribution >= 0.6 is 0 Å². The van der Waals surface area contributed by atoms with E-state index in [4.69, 9.17) is 4.74 Å². The number of hydrogen-bond acceptors (Lipinski definition) is 4. The molecule has 0 N–H and O–H groups in total. The third kappa shape index (κ3) is 3.27. The minimum absolute atomic E-state index is 0.162. The van der Waals surface area contributed by atoms with Gasteiger partial charge in [-0.15, -0.1) is 0 Å². The van der Waals surface area contributed by atoms with Gasteiger partial charge in [0.25, 0.3) is 0 Å². The summed E-state index contributed by atoms with van der Waals surface area (Å²) < 4.78 is 32.8. The van der Waals surface area contributed by atoms with E-state index in [-0.39, 0.29) is 10.7 Å². The van der Waals surface area contributed by atoms with Gasteiger partial charge >= 0.3 is 0 Å². The van der Waals surface area contributed by atoms with Crippen LogP contribution in [0.25, 0.3) is 0 Å². The molecule has 6 heteroatoms. The van der Waals surface area contributed by atoms with Gasteiger partial charge in [0.2, 0.25) is 10.0 Å². The van der Waals surface area contributed by atoms with Crippen molar-refractivity contribution in [3.63, 3.8) is 0 Å². The highest BCUT2D eigenvalue weighted by molar-refractivity contribution is 7.89. The molecule has 0 aromatic heterocycles. The summed E-state index contributed by atoms with van der Waals surface area (Å²) >= 11 is 0. The van der Waals surface area contributed by atoms with Crippen LogP contribution in [0.4, 0.5) is 0 Å². The Kier molecular flexibility index (Phi) is 5.16. The molecule has 1 saturated heterocycles. The summed E-state index contributed by atoms with van der Waals surface area (Å²) in [5.74, 6) is 0.544. The molecule has 0 bridgehead atoms. The molecule has 0 amide bonds. The van der Waals surface area contributed by atoms with Gasteiger partial charge in [0, 0.05) is 12.1 Å². The number of rotatable bonds is 5. The molecule has 0 aliphatic carbocycles.